The fraction of sp³-hybridized carbons (Fsp3) is 0.417. The molecule has 3 N–H and O–H groups in total. The van der Waals surface area contributed by atoms with Crippen LogP contribution >= 0.6 is 11.6 Å². The molecule has 0 radical (unpaired) electrons. The van der Waals surface area contributed by atoms with Gasteiger partial charge in [0.15, 0.2) is 29.0 Å². The molecule has 0 bridgehead atoms. The number of rotatable bonds is 7. The number of methoxy groups -OCH3 is 1. The Bertz CT molecular complexity index is 1360. The molecular formula is C24H27ClF3N7O. The van der Waals surface area contributed by atoms with Gasteiger partial charge >= 0.3 is 0 Å². The smallest absolute Gasteiger partial charge is 0.224 e. The molecule has 3 aromatic rings. The summed E-state index contributed by atoms with van der Waals surface area (Å²) >= 11 is 5.94. The summed E-state index contributed by atoms with van der Waals surface area (Å²) in [6, 6.07) is -0.0566. The number of aromatic amines is 1. The summed E-state index contributed by atoms with van der Waals surface area (Å²) in [4.78, 5) is 19.6. The van der Waals surface area contributed by atoms with Crippen molar-refractivity contribution in [2.45, 2.75) is 51.6 Å². The Morgan fingerprint density at radius 1 is 1.22 bits per heavy atom. The number of aryl methyl sites for hydroxylation is 1. The van der Waals surface area contributed by atoms with Gasteiger partial charge < -0.3 is 20.4 Å². The van der Waals surface area contributed by atoms with E-state index in [1.54, 1.807) is 0 Å². The molecule has 8 nitrogen and oxygen atoms in total. The number of halogens is 4. The van der Waals surface area contributed by atoms with Crippen molar-refractivity contribution in [1.82, 2.24) is 24.9 Å². The standard InChI is InChI=1S/C24H27ClF3N7O/c1-12(27)20-16(7-8-26)17(10-29-20)21-31-13(2)19(28)23(34-21)33-15-6-4-5-14(9-15)32-22-18(36-3)11-30-24(25)35-22/h7,10-11,14-15,29H,4-6,8-9H2,1-3H3,(H,30,32,35)(H,31,33,34)/b16-7-,20-12-/t14-,15?/m1/s1. The average molecular weight is 522 g/mol. The Hall–Kier alpha value is -3.34. The van der Waals surface area contributed by atoms with Crippen molar-refractivity contribution in [2.24, 2.45) is 0 Å². The minimum absolute atomic E-state index is 0.0302. The van der Waals surface area contributed by atoms with Crippen LogP contribution in [0.2, 0.25) is 5.28 Å². The number of anilines is 2. The summed E-state index contributed by atoms with van der Waals surface area (Å²) in [5.41, 5.74) is 0.518. The number of H-pyrrole nitrogens is 1. The van der Waals surface area contributed by atoms with E-state index in [9.17, 15) is 8.78 Å². The first-order valence-corrected chi connectivity index (χ1v) is 11.9. The Morgan fingerprint density at radius 3 is 2.61 bits per heavy atom. The maximum atomic E-state index is 15.0. The fourth-order valence-corrected chi connectivity index (χ4v) is 4.54. The van der Waals surface area contributed by atoms with Crippen molar-refractivity contribution in [2.75, 3.05) is 24.4 Å². The van der Waals surface area contributed by atoms with Gasteiger partial charge in [-0.15, -0.1) is 0 Å². The SMILES string of the molecule is COc1cnc(Cl)nc1N[C@@H]1CCCC(Nc2nc(-c3c[nH]c(=C(/C)F)/c3=C\CF)nc(C)c2F)C1. The number of ether oxygens (including phenoxy) is 1. The van der Waals surface area contributed by atoms with Gasteiger partial charge in [0.1, 0.15) is 12.5 Å². The van der Waals surface area contributed by atoms with Gasteiger partial charge in [-0.1, -0.05) is 0 Å². The van der Waals surface area contributed by atoms with E-state index in [1.165, 1.54) is 39.4 Å². The van der Waals surface area contributed by atoms with Crippen LogP contribution < -0.4 is 25.9 Å². The van der Waals surface area contributed by atoms with Crippen molar-refractivity contribution in [1.29, 1.82) is 0 Å². The Kier molecular flexibility index (Phi) is 7.97. The molecule has 3 aromatic heterocycles. The largest absolute Gasteiger partial charge is 0.491 e. The molecule has 0 spiro atoms. The summed E-state index contributed by atoms with van der Waals surface area (Å²) in [5.74, 6) is 0.114. The zero-order valence-corrected chi connectivity index (χ0v) is 20.9. The fourth-order valence-electron chi connectivity index (χ4n) is 4.41. The van der Waals surface area contributed by atoms with Gasteiger partial charge in [-0.05, 0) is 57.2 Å². The third kappa shape index (κ3) is 5.56. The lowest BCUT2D eigenvalue weighted by molar-refractivity contribution is 0.404. The molecule has 1 unspecified atom stereocenters. The summed E-state index contributed by atoms with van der Waals surface area (Å²) in [5, 5.41) is 7.10. The molecule has 0 amide bonds. The first-order valence-electron chi connectivity index (χ1n) is 11.5. The molecular weight excluding hydrogens is 495 g/mol. The van der Waals surface area contributed by atoms with Crippen molar-refractivity contribution in [3.8, 4) is 17.1 Å². The van der Waals surface area contributed by atoms with E-state index in [1.807, 2.05) is 0 Å². The summed E-state index contributed by atoms with van der Waals surface area (Å²) in [6.45, 7) is 2.00. The van der Waals surface area contributed by atoms with Crippen LogP contribution in [0.3, 0.4) is 0 Å². The number of nitrogens with one attached hydrogen (secondary N) is 3. The van der Waals surface area contributed by atoms with Gasteiger partial charge in [0.05, 0.1) is 24.3 Å². The number of hydrogen-bond acceptors (Lipinski definition) is 7. The monoisotopic (exact) mass is 521 g/mol. The van der Waals surface area contributed by atoms with Crippen LogP contribution in [-0.2, 0) is 0 Å². The molecule has 1 fully saturated rings. The molecule has 36 heavy (non-hydrogen) atoms. The third-order valence-corrected chi connectivity index (χ3v) is 6.29. The quantitative estimate of drug-likeness (QED) is 0.403. The average Bonchev–Trinajstić information content (AvgIpc) is 3.26. The van der Waals surface area contributed by atoms with E-state index >= 15 is 4.39 Å². The second-order valence-electron chi connectivity index (χ2n) is 8.58. The minimum atomic E-state index is -0.796. The van der Waals surface area contributed by atoms with E-state index in [0.717, 1.165) is 19.3 Å². The topological polar surface area (TPSA) is 101 Å². The van der Waals surface area contributed by atoms with Gasteiger partial charge in [-0.2, -0.15) is 4.98 Å². The van der Waals surface area contributed by atoms with Crippen LogP contribution in [0.1, 0.15) is 38.3 Å². The lowest BCUT2D eigenvalue weighted by Crippen LogP contribution is -2.35. The van der Waals surface area contributed by atoms with Crippen molar-refractivity contribution < 1.29 is 17.9 Å². The molecule has 0 aliphatic heterocycles. The molecule has 3 heterocycles. The van der Waals surface area contributed by atoms with Crippen LogP contribution in [0.4, 0.5) is 24.8 Å². The third-order valence-electron chi connectivity index (χ3n) is 6.11. The minimum Gasteiger partial charge on any atom is -0.491 e. The maximum Gasteiger partial charge on any atom is 0.224 e. The first-order chi connectivity index (χ1) is 17.3. The van der Waals surface area contributed by atoms with Gasteiger partial charge in [-0.3, -0.25) is 0 Å². The molecule has 4 rings (SSSR count). The maximum absolute atomic E-state index is 15.0. The highest BCUT2D eigenvalue weighted by Crippen LogP contribution is 2.29. The predicted octanol–water partition coefficient (Wildman–Crippen LogP) is 4.05. The number of alkyl halides is 1. The van der Waals surface area contributed by atoms with Crippen LogP contribution in [0.25, 0.3) is 23.3 Å². The van der Waals surface area contributed by atoms with Gasteiger partial charge in [0.25, 0.3) is 0 Å². The Labute approximate surface area is 211 Å². The van der Waals surface area contributed by atoms with Crippen molar-refractivity contribution in [3.63, 3.8) is 0 Å². The second-order valence-corrected chi connectivity index (χ2v) is 8.92. The number of aromatic nitrogens is 5. The summed E-state index contributed by atoms with van der Waals surface area (Å²) in [7, 11) is 1.53. The highest BCUT2D eigenvalue weighted by atomic mass is 35.5. The van der Waals surface area contributed by atoms with E-state index in [0.29, 0.717) is 28.8 Å². The molecule has 1 saturated carbocycles. The molecule has 0 aromatic carbocycles. The van der Waals surface area contributed by atoms with Gasteiger partial charge in [-0.25, -0.2) is 28.1 Å². The zero-order chi connectivity index (χ0) is 25.8. The van der Waals surface area contributed by atoms with Crippen LogP contribution in [0.15, 0.2) is 12.4 Å². The van der Waals surface area contributed by atoms with E-state index in [-0.39, 0.29) is 40.1 Å². The molecule has 2 atom stereocenters. The number of hydrogen-bond donors (Lipinski definition) is 3. The van der Waals surface area contributed by atoms with Gasteiger partial charge in [0.2, 0.25) is 5.28 Å². The molecule has 12 heteroatoms. The highest BCUT2D eigenvalue weighted by molar-refractivity contribution is 6.28. The zero-order valence-electron chi connectivity index (χ0n) is 20.1. The predicted molar refractivity (Wildman–Crippen MR) is 133 cm³/mol. The molecule has 1 aliphatic rings. The highest BCUT2D eigenvalue weighted by Gasteiger charge is 2.25. The second kappa shape index (κ2) is 11.2. The summed E-state index contributed by atoms with van der Waals surface area (Å²) in [6.07, 6.45) is 7.47. The van der Waals surface area contributed by atoms with Crippen LogP contribution in [0.5, 0.6) is 5.75 Å². The Balaban J connectivity index is 1.59. The number of nitrogens with zero attached hydrogens (tertiary/aromatic N) is 4. The van der Waals surface area contributed by atoms with Crippen molar-refractivity contribution >= 4 is 35.1 Å². The lowest BCUT2D eigenvalue weighted by atomic mass is 9.91. The van der Waals surface area contributed by atoms with Gasteiger partial charge in [0, 0.05) is 29.1 Å². The molecule has 192 valence electrons. The lowest BCUT2D eigenvalue weighted by Gasteiger charge is -2.31. The molecule has 1 aliphatic carbocycles. The van der Waals surface area contributed by atoms with Crippen LogP contribution in [0, 0.1) is 12.7 Å². The van der Waals surface area contributed by atoms with E-state index in [4.69, 9.17) is 16.3 Å². The normalized spacial score (nSPS) is 19.2. The van der Waals surface area contributed by atoms with Crippen LogP contribution in [-0.4, -0.2) is 50.8 Å². The van der Waals surface area contributed by atoms with E-state index < -0.39 is 18.3 Å². The van der Waals surface area contributed by atoms with E-state index in [2.05, 4.69) is 35.6 Å². The van der Waals surface area contributed by atoms with Crippen molar-refractivity contribution in [3.05, 3.63) is 39.8 Å². The first kappa shape index (κ1) is 25.7. The summed E-state index contributed by atoms with van der Waals surface area (Å²) < 4.78 is 47.4. The molecule has 0 saturated heterocycles. The Morgan fingerprint density at radius 2 is 1.94 bits per heavy atom.